The molecule has 5 nitrogen and oxygen atoms in total. The van der Waals surface area contributed by atoms with Crippen molar-refractivity contribution in [3.63, 3.8) is 0 Å². The molecule has 1 unspecified atom stereocenters. The number of carbonyl (C=O) groups is 1. The summed E-state index contributed by atoms with van der Waals surface area (Å²) >= 11 is 0. The number of carbonyl (C=O) groups excluding carboxylic acids is 1. The summed E-state index contributed by atoms with van der Waals surface area (Å²) in [5.74, 6) is -0.462. The van der Waals surface area contributed by atoms with Crippen LogP contribution in [0.25, 0.3) is 0 Å². The Hall–Kier alpha value is -1.47. The van der Waals surface area contributed by atoms with Gasteiger partial charge < -0.3 is 10.2 Å². The highest BCUT2D eigenvalue weighted by Crippen LogP contribution is 2.13. The van der Waals surface area contributed by atoms with Crippen LogP contribution < -0.4 is 5.32 Å². The van der Waals surface area contributed by atoms with Crippen molar-refractivity contribution < 1.29 is 17.6 Å². The Kier molecular flexibility index (Phi) is 4.95. The van der Waals surface area contributed by atoms with Crippen LogP contribution in [0, 0.1) is 5.82 Å². The third-order valence-electron chi connectivity index (χ3n) is 3.64. The van der Waals surface area contributed by atoms with Crippen molar-refractivity contribution in [1.29, 1.82) is 0 Å². The van der Waals surface area contributed by atoms with Crippen molar-refractivity contribution in [1.82, 2.24) is 10.2 Å². The quantitative estimate of drug-likeness (QED) is 0.817. The van der Waals surface area contributed by atoms with E-state index in [0.717, 1.165) is 18.6 Å². The van der Waals surface area contributed by atoms with E-state index in [4.69, 9.17) is 0 Å². The number of benzene rings is 1. The molecule has 1 fully saturated rings. The first-order valence-corrected chi connectivity index (χ1v) is 8.49. The highest BCUT2D eigenvalue weighted by Gasteiger charge is 2.23. The zero-order valence-electron chi connectivity index (χ0n) is 11.9. The van der Waals surface area contributed by atoms with Gasteiger partial charge in [0.15, 0.2) is 9.84 Å². The van der Waals surface area contributed by atoms with Gasteiger partial charge in [-0.15, -0.1) is 0 Å². The molecule has 1 N–H and O–H groups in total. The molecule has 7 heteroatoms. The van der Waals surface area contributed by atoms with Crippen molar-refractivity contribution in [3.05, 3.63) is 30.1 Å². The zero-order valence-corrected chi connectivity index (χ0v) is 12.7. The van der Waals surface area contributed by atoms with Crippen LogP contribution in [-0.2, 0) is 14.6 Å². The summed E-state index contributed by atoms with van der Waals surface area (Å²) in [6, 6.07) is 4.83. The largest absolute Gasteiger partial charge is 0.346 e. The summed E-state index contributed by atoms with van der Waals surface area (Å²) in [5.41, 5.74) is 0. The molecule has 0 saturated carbocycles. The number of likely N-dealkylation sites (tertiary alicyclic amines) is 1. The van der Waals surface area contributed by atoms with Crippen molar-refractivity contribution in [2.24, 2.45) is 0 Å². The summed E-state index contributed by atoms with van der Waals surface area (Å²) in [5, 5.41) is 3.11. The van der Waals surface area contributed by atoms with Gasteiger partial charge >= 0.3 is 0 Å². The molecule has 1 amide bonds. The SMILES string of the molecule is CN1CCC(NCCS(=O)(=O)c2ccc(F)cc2)CC1=O. The fourth-order valence-corrected chi connectivity index (χ4v) is 3.45. The molecule has 1 atom stereocenters. The Bertz CT molecular complexity index is 601. The number of piperidine rings is 1. The van der Waals surface area contributed by atoms with E-state index in [1.807, 2.05) is 0 Å². The summed E-state index contributed by atoms with van der Waals surface area (Å²) in [4.78, 5) is 13.3. The van der Waals surface area contributed by atoms with E-state index >= 15 is 0 Å². The van der Waals surface area contributed by atoms with E-state index in [0.29, 0.717) is 13.0 Å². The fourth-order valence-electron chi connectivity index (χ4n) is 2.27. The Morgan fingerprint density at radius 2 is 2.00 bits per heavy atom. The van der Waals surface area contributed by atoms with Crippen LogP contribution in [0.5, 0.6) is 0 Å². The lowest BCUT2D eigenvalue weighted by molar-refractivity contribution is -0.132. The van der Waals surface area contributed by atoms with Crippen molar-refractivity contribution in [2.75, 3.05) is 25.9 Å². The summed E-state index contributed by atoms with van der Waals surface area (Å²) in [7, 11) is -1.67. The molecule has 21 heavy (non-hydrogen) atoms. The maximum atomic E-state index is 12.8. The molecular weight excluding hydrogens is 295 g/mol. The predicted octanol–water partition coefficient (Wildman–Crippen LogP) is 0.810. The van der Waals surface area contributed by atoms with Gasteiger partial charge in [-0.1, -0.05) is 0 Å². The van der Waals surface area contributed by atoms with Gasteiger partial charge in [0.25, 0.3) is 0 Å². The molecule has 1 saturated heterocycles. The average Bonchev–Trinajstić information content (AvgIpc) is 2.43. The van der Waals surface area contributed by atoms with Crippen LogP contribution in [-0.4, -0.2) is 51.2 Å². The van der Waals surface area contributed by atoms with Crippen LogP contribution in [0.2, 0.25) is 0 Å². The van der Waals surface area contributed by atoms with E-state index < -0.39 is 15.7 Å². The smallest absolute Gasteiger partial charge is 0.223 e. The molecule has 0 spiro atoms. The van der Waals surface area contributed by atoms with Crippen LogP contribution in [0.1, 0.15) is 12.8 Å². The number of sulfone groups is 1. The third kappa shape index (κ3) is 4.25. The maximum absolute atomic E-state index is 12.8. The minimum Gasteiger partial charge on any atom is -0.346 e. The second kappa shape index (κ2) is 6.53. The minimum absolute atomic E-state index is 0.0251. The number of amides is 1. The Labute approximate surface area is 124 Å². The first-order chi connectivity index (χ1) is 9.88. The highest BCUT2D eigenvalue weighted by atomic mass is 32.2. The molecule has 1 aromatic carbocycles. The van der Waals surface area contributed by atoms with Gasteiger partial charge in [-0.2, -0.15) is 0 Å². The van der Waals surface area contributed by atoms with Gasteiger partial charge in [-0.05, 0) is 30.7 Å². The molecule has 1 heterocycles. The van der Waals surface area contributed by atoms with Gasteiger partial charge in [-0.3, -0.25) is 4.79 Å². The van der Waals surface area contributed by atoms with E-state index in [1.54, 1.807) is 11.9 Å². The van der Waals surface area contributed by atoms with E-state index in [-0.39, 0.29) is 29.1 Å². The molecule has 1 aromatic rings. The van der Waals surface area contributed by atoms with Crippen LogP contribution in [0.3, 0.4) is 0 Å². The second-order valence-electron chi connectivity index (χ2n) is 5.23. The average molecular weight is 314 g/mol. The molecule has 116 valence electrons. The lowest BCUT2D eigenvalue weighted by Gasteiger charge is -2.29. The van der Waals surface area contributed by atoms with E-state index in [2.05, 4.69) is 5.32 Å². The number of hydrogen-bond donors (Lipinski definition) is 1. The zero-order chi connectivity index (χ0) is 15.5. The standard InChI is InChI=1S/C14H19FN2O3S/c1-17-8-6-12(10-14(17)18)16-7-9-21(19,20)13-4-2-11(15)3-5-13/h2-5,12,16H,6-10H2,1H3. The van der Waals surface area contributed by atoms with Crippen LogP contribution >= 0.6 is 0 Å². The monoisotopic (exact) mass is 314 g/mol. The topological polar surface area (TPSA) is 66.5 Å². The molecule has 0 aliphatic carbocycles. The number of halogens is 1. The summed E-state index contributed by atoms with van der Waals surface area (Å²) in [6.45, 7) is 0.961. The van der Waals surface area contributed by atoms with Gasteiger partial charge in [-0.25, -0.2) is 12.8 Å². The fraction of sp³-hybridized carbons (Fsp3) is 0.500. The van der Waals surface area contributed by atoms with Crippen molar-refractivity contribution >= 4 is 15.7 Å². The molecule has 1 aliphatic heterocycles. The Balaban J connectivity index is 1.85. The molecule has 0 radical (unpaired) electrons. The Morgan fingerprint density at radius 1 is 1.33 bits per heavy atom. The third-order valence-corrected chi connectivity index (χ3v) is 5.37. The lowest BCUT2D eigenvalue weighted by atomic mass is 10.1. The van der Waals surface area contributed by atoms with Crippen LogP contribution in [0.15, 0.2) is 29.2 Å². The second-order valence-corrected chi connectivity index (χ2v) is 7.34. The van der Waals surface area contributed by atoms with Crippen molar-refractivity contribution in [2.45, 2.75) is 23.8 Å². The van der Waals surface area contributed by atoms with Gasteiger partial charge in [0.05, 0.1) is 10.6 Å². The molecule has 2 rings (SSSR count). The molecule has 0 bridgehead atoms. The normalized spacial score (nSPS) is 19.8. The minimum atomic E-state index is -3.43. The molecule has 0 aromatic heterocycles. The first-order valence-electron chi connectivity index (χ1n) is 6.84. The van der Waals surface area contributed by atoms with Crippen molar-refractivity contribution in [3.8, 4) is 0 Å². The lowest BCUT2D eigenvalue weighted by Crippen LogP contribution is -2.45. The Morgan fingerprint density at radius 3 is 2.62 bits per heavy atom. The molecule has 1 aliphatic rings. The van der Waals surface area contributed by atoms with E-state index in [9.17, 15) is 17.6 Å². The predicted molar refractivity (Wildman–Crippen MR) is 77.1 cm³/mol. The summed E-state index contributed by atoms with van der Waals surface area (Å²) < 4.78 is 36.9. The number of hydrogen-bond acceptors (Lipinski definition) is 4. The van der Waals surface area contributed by atoms with Gasteiger partial charge in [0, 0.05) is 32.6 Å². The number of nitrogens with one attached hydrogen (secondary N) is 1. The molecular formula is C14H19FN2O3S. The van der Waals surface area contributed by atoms with E-state index in [1.165, 1.54) is 12.1 Å². The highest BCUT2D eigenvalue weighted by molar-refractivity contribution is 7.91. The maximum Gasteiger partial charge on any atom is 0.223 e. The summed E-state index contributed by atoms with van der Waals surface area (Å²) in [6.07, 6.45) is 1.21. The number of nitrogens with zero attached hydrogens (tertiary/aromatic N) is 1. The first kappa shape index (κ1) is 15.9. The van der Waals surface area contributed by atoms with Gasteiger partial charge in [0.1, 0.15) is 5.82 Å². The van der Waals surface area contributed by atoms with Gasteiger partial charge in [0.2, 0.25) is 5.91 Å². The number of rotatable bonds is 5. The van der Waals surface area contributed by atoms with Crippen LogP contribution in [0.4, 0.5) is 4.39 Å².